The quantitative estimate of drug-likeness (QED) is 0.736. The number of carbonyl (C=O) groups is 1. The molecule has 0 radical (unpaired) electrons. The normalized spacial score (nSPS) is 11.3. The highest BCUT2D eigenvalue weighted by Crippen LogP contribution is 2.21. The van der Waals surface area contributed by atoms with Crippen molar-refractivity contribution in [2.24, 2.45) is 0 Å². The Morgan fingerprint density at radius 1 is 1.00 bits per heavy atom. The minimum Gasteiger partial charge on any atom is -0.497 e. The molecule has 0 unspecified atom stereocenters. The molecule has 0 saturated carbocycles. The Morgan fingerprint density at radius 3 is 2.23 bits per heavy atom. The summed E-state index contributed by atoms with van der Waals surface area (Å²) in [7, 11) is 2.65. The minimum absolute atomic E-state index is 0.162. The molecule has 140 valence electrons. The predicted molar refractivity (Wildman–Crippen MR) is 99.2 cm³/mol. The van der Waals surface area contributed by atoms with Crippen LogP contribution in [0.25, 0.3) is 0 Å². The van der Waals surface area contributed by atoms with E-state index in [9.17, 15) is 13.2 Å². The van der Waals surface area contributed by atoms with Crippen LogP contribution in [0.2, 0.25) is 0 Å². The van der Waals surface area contributed by atoms with Gasteiger partial charge in [0.25, 0.3) is 5.91 Å². The highest BCUT2D eigenvalue weighted by molar-refractivity contribution is 7.89. The number of rotatable bonds is 7. The summed E-state index contributed by atoms with van der Waals surface area (Å²) in [5, 5.41) is 0. The van der Waals surface area contributed by atoms with Gasteiger partial charge in [-0.3, -0.25) is 4.79 Å². The zero-order valence-electron chi connectivity index (χ0n) is 15.2. The van der Waals surface area contributed by atoms with Gasteiger partial charge in [-0.2, -0.15) is 0 Å². The second-order valence-corrected chi connectivity index (χ2v) is 7.85. The van der Waals surface area contributed by atoms with E-state index >= 15 is 0 Å². The molecule has 1 amide bonds. The molecule has 0 bridgehead atoms. The first-order chi connectivity index (χ1) is 12.3. The monoisotopic (exact) mass is 378 g/mol. The van der Waals surface area contributed by atoms with Crippen LogP contribution in [-0.4, -0.2) is 53.5 Å². The topological polar surface area (TPSA) is 76.1 Å². The van der Waals surface area contributed by atoms with Crippen LogP contribution in [-0.2, 0) is 14.8 Å². The third kappa shape index (κ3) is 4.53. The van der Waals surface area contributed by atoms with Gasteiger partial charge >= 0.3 is 0 Å². The van der Waals surface area contributed by atoms with Gasteiger partial charge in [0, 0.05) is 32.9 Å². The van der Waals surface area contributed by atoms with E-state index in [2.05, 4.69) is 0 Å². The molecule has 0 aromatic heterocycles. The summed E-state index contributed by atoms with van der Waals surface area (Å²) < 4.78 is 35.8. The molecule has 2 aromatic rings. The van der Waals surface area contributed by atoms with Crippen LogP contribution < -0.4 is 14.4 Å². The fourth-order valence-electron chi connectivity index (χ4n) is 2.12. The Balaban J connectivity index is 2.00. The van der Waals surface area contributed by atoms with Crippen LogP contribution in [0.15, 0.2) is 53.4 Å². The second-order valence-electron chi connectivity index (χ2n) is 5.70. The summed E-state index contributed by atoms with van der Waals surface area (Å²) in [5.74, 6) is 0.819. The summed E-state index contributed by atoms with van der Waals surface area (Å²) in [5.41, 5.74) is 0.686. The Labute approximate surface area is 153 Å². The number of ether oxygens (including phenoxy) is 2. The van der Waals surface area contributed by atoms with Gasteiger partial charge in [0.1, 0.15) is 11.5 Å². The van der Waals surface area contributed by atoms with Crippen LogP contribution in [0, 0.1) is 0 Å². The first kappa shape index (κ1) is 19.7. The van der Waals surface area contributed by atoms with Gasteiger partial charge in [-0.15, -0.1) is 0 Å². The van der Waals surface area contributed by atoms with Gasteiger partial charge in [0.2, 0.25) is 10.0 Å². The van der Waals surface area contributed by atoms with E-state index < -0.39 is 10.0 Å². The number of methoxy groups -OCH3 is 1. The second kappa shape index (κ2) is 8.20. The summed E-state index contributed by atoms with van der Waals surface area (Å²) in [6.45, 7) is -0.173. The lowest BCUT2D eigenvalue weighted by atomic mass is 10.3. The van der Waals surface area contributed by atoms with Gasteiger partial charge in [-0.05, 0) is 36.4 Å². The van der Waals surface area contributed by atoms with E-state index in [0.717, 1.165) is 4.31 Å². The van der Waals surface area contributed by atoms with Crippen molar-refractivity contribution < 1.29 is 22.7 Å². The average molecular weight is 378 g/mol. The molecule has 2 aromatic carbocycles. The summed E-state index contributed by atoms with van der Waals surface area (Å²) >= 11 is 0. The average Bonchev–Trinajstić information content (AvgIpc) is 2.65. The van der Waals surface area contributed by atoms with Crippen LogP contribution in [0.5, 0.6) is 11.5 Å². The van der Waals surface area contributed by atoms with E-state index in [4.69, 9.17) is 9.47 Å². The van der Waals surface area contributed by atoms with Crippen molar-refractivity contribution in [3.8, 4) is 11.5 Å². The number of nitrogens with zero attached hydrogens (tertiary/aromatic N) is 2. The fraction of sp³-hybridized carbons (Fsp3) is 0.278. The van der Waals surface area contributed by atoms with Crippen molar-refractivity contribution in [1.29, 1.82) is 0 Å². The largest absolute Gasteiger partial charge is 0.497 e. The zero-order chi connectivity index (χ0) is 19.3. The lowest BCUT2D eigenvalue weighted by Crippen LogP contribution is -2.31. The maximum Gasteiger partial charge on any atom is 0.264 e. The molecular formula is C18H22N2O5S. The molecule has 2 rings (SSSR count). The molecular weight excluding hydrogens is 356 g/mol. The van der Waals surface area contributed by atoms with E-state index in [0.29, 0.717) is 17.2 Å². The number of likely N-dealkylation sites (N-methyl/N-ethyl adjacent to an activating group) is 1. The van der Waals surface area contributed by atoms with Crippen LogP contribution >= 0.6 is 0 Å². The number of benzene rings is 2. The van der Waals surface area contributed by atoms with Gasteiger partial charge in [-0.25, -0.2) is 12.7 Å². The highest BCUT2D eigenvalue weighted by atomic mass is 32.2. The number of hydrogen-bond acceptors (Lipinski definition) is 5. The first-order valence-corrected chi connectivity index (χ1v) is 9.25. The lowest BCUT2D eigenvalue weighted by Gasteiger charge is -2.18. The first-order valence-electron chi connectivity index (χ1n) is 7.81. The molecule has 26 heavy (non-hydrogen) atoms. The molecule has 0 heterocycles. The molecule has 0 atom stereocenters. The van der Waals surface area contributed by atoms with Crippen LogP contribution in [0.3, 0.4) is 0 Å². The molecule has 0 N–H and O–H groups in total. The van der Waals surface area contributed by atoms with E-state index in [-0.39, 0.29) is 17.4 Å². The van der Waals surface area contributed by atoms with Crippen molar-refractivity contribution in [2.45, 2.75) is 4.90 Å². The molecule has 0 fully saturated rings. The number of hydrogen-bond donors (Lipinski definition) is 0. The summed E-state index contributed by atoms with van der Waals surface area (Å²) in [4.78, 5) is 13.9. The summed E-state index contributed by atoms with van der Waals surface area (Å²) in [6.07, 6.45) is 0. The van der Waals surface area contributed by atoms with Gasteiger partial charge < -0.3 is 14.4 Å². The maximum atomic E-state index is 12.3. The zero-order valence-corrected chi connectivity index (χ0v) is 16.0. The number of carbonyl (C=O) groups excluding carboxylic acids is 1. The fourth-order valence-corrected chi connectivity index (χ4v) is 3.03. The molecule has 0 aliphatic rings. The summed E-state index contributed by atoms with van der Waals surface area (Å²) in [6, 6.07) is 13.1. The third-order valence-corrected chi connectivity index (χ3v) is 5.61. The van der Waals surface area contributed by atoms with Crippen LogP contribution in [0.1, 0.15) is 0 Å². The number of anilines is 1. The molecule has 0 aliphatic heterocycles. The van der Waals surface area contributed by atoms with Gasteiger partial charge in [0.15, 0.2) is 6.61 Å². The molecule has 0 saturated heterocycles. The maximum absolute atomic E-state index is 12.3. The Kier molecular flexibility index (Phi) is 6.23. The Morgan fingerprint density at radius 2 is 1.65 bits per heavy atom. The van der Waals surface area contributed by atoms with Gasteiger partial charge in [0.05, 0.1) is 12.0 Å². The van der Waals surface area contributed by atoms with Crippen molar-refractivity contribution in [3.05, 3.63) is 48.5 Å². The third-order valence-electron chi connectivity index (χ3n) is 3.78. The number of amides is 1. The lowest BCUT2D eigenvalue weighted by molar-refractivity contribution is -0.120. The Hall–Kier alpha value is -2.58. The predicted octanol–water partition coefficient (Wildman–Crippen LogP) is 1.99. The van der Waals surface area contributed by atoms with Gasteiger partial charge in [-0.1, -0.05) is 6.07 Å². The molecule has 7 nitrogen and oxygen atoms in total. The van der Waals surface area contributed by atoms with Crippen molar-refractivity contribution in [3.63, 3.8) is 0 Å². The standard InChI is InChI=1S/C18H22N2O5S/c1-19(2)26(22,23)17-10-8-15(9-11-17)25-13-18(21)20(3)14-6-5-7-16(12-14)24-4/h5-12H,13H2,1-4H3. The molecule has 0 spiro atoms. The number of sulfonamides is 1. The van der Waals surface area contributed by atoms with Crippen molar-refractivity contribution in [2.75, 3.05) is 39.8 Å². The SMILES string of the molecule is COc1cccc(N(C)C(=O)COc2ccc(S(=O)(=O)N(C)C)cc2)c1. The van der Waals surface area contributed by atoms with E-state index in [1.807, 2.05) is 0 Å². The highest BCUT2D eigenvalue weighted by Gasteiger charge is 2.17. The molecule has 8 heteroatoms. The van der Waals surface area contributed by atoms with Crippen molar-refractivity contribution in [1.82, 2.24) is 4.31 Å². The van der Waals surface area contributed by atoms with E-state index in [1.165, 1.54) is 43.3 Å². The van der Waals surface area contributed by atoms with E-state index in [1.54, 1.807) is 38.4 Å². The Bertz CT molecular complexity index is 863. The van der Waals surface area contributed by atoms with Crippen molar-refractivity contribution >= 4 is 21.6 Å². The van der Waals surface area contributed by atoms with Crippen LogP contribution in [0.4, 0.5) is 5.69 Å². The molecule has 0 aliphatic carbocycles. The minimum atomic E-state index is -3.49. The smallest absolute Gasteiger partial charge is 0.264 e.